The number of hydrogen-bond donors (Lipinski definition) is 4. The van der Waals surface area contributed by atoms with Crippen molar-refractivity contribution in [3.8, 4) is 0 Å². The van der Waals surface area contributed by atoms with E-state index in [0.29, 0.717) is 11.6 Å². The molecule has 2 heterocycles. The molecule has 1 amide bonds. The Morgan fingerprint density at radius 1 is 1.23 bits per heavy atom. The Labute approximate surface area is 179 Å². The highest BCUT2D eigenvalue weighted by Gasteiger charge is 2.38. The van der Waals surface area contributed by atoms with Gasteiger partial charge in [0.2, 0.25) is 5.82 Å². The molecule has 4 N–H and O–H groups in total. The van der Waals surface area contributed by atoms with E-state index in [4.69, 9.17) is 5.11 Å². The van der Waals surface area contributed by atoms with Crippen LogP contribution in [-0.2, 0) is 5.92 Å². The summed E-state index contributed by atoms with van der Waals surface area (Å²) in [5.74, 6) is -2.61. The minimum Gasteiger partial charge on any atom is -0.465 e. The Morgan fingerprint density at radius 3 is 2.30 bits per heavy atom. The van der Waals surface area contributed by atoms with Gasteiger partial charge in [0.25, 0.3) is 0 Å². The van der Waals surface area contributed by atoms with E-state index in [0.717, 1.165) is 12.8 Å². The van der Waals surface area contributed by atoms with E-state index in [-0.39, 0.29) is 16.2 Å². The molecule has 0 radical (unpaired) electrons. The van der Waals surface area contributed by atoms with Crippen LogP contribution in [0.5, 0.6) is 0 Å². The smallest absolute Gasteiger partial charge is 0.405 e. The predicted molar refractivity (Wildman–Crippen MR) is 116 cm³/mol. The number of hydrogen-bond acceptors (Lipinski definition) is 5. The minimum atomic E-state index is -3.01. The molecular formula is C20H36F2N6O2. The number of amides is 1. The Balaban J connectivity index is 0. The summed E-state index contributed by atoms with van der Waals surface area (Å²) in [6.07, 6.45) is 11.1. The van der Waals surface area contributed by atoms with Crippen molar-refractivity contribution in [3.05, 3.63) is 30.4 Å². The second-order valence-electron chi connectivity index (χ2n) is 7.68. The molecule has 0 atom stereocenters. The van der Waals surface area contributed by atoms with E-state index in [9.17, 15) is 13.6 Å². The number of nitrogens with zero attached hydrogens (tertiary/aromatic N) is 3. The molecule has 2 aromatic heterocycles. The molecular weight excluding hydrogens is 394 g/mol. The van der Waals surface area contributed by atoms with Gasteiger partial charge in [-0.25, -0.2) is 14.8 Å². The molecule has 0 aliphatic heterocycles. The third-order valence-corrected chi connectivity index (χ3v) is 4.85. The summed E-state index contributed by atoms with van der Waals surface area (Å²) in [4.78, 5) is 17.3. The van der Waals surface area contributed by atoms with Gasteiger partial charge in [-0.3, -0.25) is 5.10 Å². The van der Waals surface area contributed by atoms with Gasteiger partial charge < -0.3 is 15.7 Å². The Kier molecular flexibility index (Phi) is 8.49. The van der Waals surface area contributed by atoms with E-state index in [2.05, 4.69) is 30.8 Å². The first kappa shape index (κ1) is 23.5. The minimum absolute atomic E-state index is 0. The van der Waals surface area contributed by atoms with E-state index >= 15 is 0 Å². The Bertz CT molecular complexity index is 784. The molecule has 2 aromatic rings. The molecule has 0 saturated heterocycles. The van der Waals surface area contributed by atoms with Crippen LogP contribution in [0.1, 0.15) is 75.3 Å². The fraction of sp³-hybridized carbons (Fsp3) is 0.600. The number of rotatable bonds is 5. The van der Waals surface area contributed by atoms with Crippen LogP contribution in [0.25, 0.3) is 0 Å². The molecule has 4 rings (SSSR count). The number of anilines is 2. The van der Waals surface area contributed by atoms with Crippen molar-refractivity contribution in [1.29, 1.82) is 0 Å². The van der Waals surface area contributed by atoms with Crippen molar-refractivity contribution in [1.82, 2.24) is 25.5 Å². The van der Waals surface area contributed by atoms with Gasteiger partial charge in [0.15, 0.2) is 0 Å². The maximum Gasteiger partial charge on any atom is 0.405 e. The van der Waals surface area contributed by atoms with Crippen LogP contribution in [0, 0.1) is 0 Å². The lowest BCUT2D eigenvalue weighted by molar-refractivity contribution is -0.0174. The third kappa shape index (κ3) is 8.30. The monoisotopic (exact) mass is 430 g/mol. The molecule has 0 spiro atoms. The quantitative estimate of drug-likeness (QED) is 0.466. The number of carbonyl (C=O) groups is 1. The second kappa shape index (κ2) is 10.8. The predicted octanol–water partition coefficient (Wildman–Crippen LogP) is 5.94. The maximum absolute atomic E-state index is 13.4. The SMILES string of the molecule is C1CCCC1.CC1(NC(=O)O)CC1.CCC(F)(F)c1nccc(Nc2ccn[nH]2)n1.[HH].[HH].[HH]. The fourth-order valence-electron chi connectivity index (χ4n) is 2.68. The summed E-state index contributed by atoms with van der Waals surface area (Å²) < 4.78 is 26.7. The fourth-order valence-corrected chi connectivity index (χ4v) is 2.68. The van der Waals surface area contributed by atoms with Gasteiger partial charge in [-0.05, 0) is 25.8 Å². The highest BCUT2D eigenvalue weighted by Crippen LogP contribution is 2.33. The average molecular weight is 431 g/mol. The van der Waals surface area contributed by atoms with Gasteiger partial charge in [0.1, 0.15) is 11.6 Å². The molecule has 172 valence electrons. The lowest BCUT2D eigenvalue weighted by Gasteiger charge is -2.12. The van der Waals surface area contributed by atoms with E-state index in [1.54, 1.807) is 12.3 Å². The van der Waals surface area contributed by atoms with Crippen molar-refractivity contribution in [3.63, 3.8) is 0 Å². The summed E-state index contributed by atoms with van der Waals surface area (Å²) in [5, 5.41) is 19.8. The number of alkyl halides is 2. The van der Waals surface area contributed by atoms with Gasteiger partial charge in [-0.1, -0.05) is 39.0 Å². The molecule has 8 nitrogen and oxygen atoms in total. The first-order chi connectivity index (χ1) is 14.2. The van der Waals surface area contributed by atoms with Crippen LogP contribution < -0.4 is 10.6 Å². The number of nitrogens with one attached hydrogen (secondary N) is 3. The van der Waals surface area contributed by atoms with Crippen molar-refractivity contribution in [2.45, 2.75) is 76.7 Å². The molecule has 0 unspecified atom stereocenters. The molecule has 2 aliphatic rings. The number of H-pyrrole nitrogens is 1. The molecule has 10 heteroatoms. The van der Waals surface area contributed by atoms with Gasteiger partial charge >= 0.3 is 12.0 Å². The van der Waals surface area contributed by atoms with Crippen molar-refractivity contribution >= 4 is 17.7 Å². The van der Waals surface area contributed by atoms with E-state index in [1.165, 1.54) is 51.3 Å². The second-order valence-corrected chi connectivity index (χ2v) is 7.68. The van der Waals surface area contributed by atoms with Crippen molar-refractivity contribution in [2.24, 2.45) is 0 Å². The van der Waals surface area contributed by atoms with Crippen molar-refractivity contribution in [2.75, 3.05) is 5.32 Å². The van der Waals surface area contributed by atoms with Crippen LogP contribution in [-0.4, -0.2) is 36.9 Å². The zero-order valence-corrected chi connectivity index (χ0v) is 17.4. The number of carboxylic acid groups (broad SMARTS) is 1. The van der Waals surface area contributed by atoms with Crippen LogP contribution in [0.4, 0.5) is 25.2 Å². The molecule has 0 bridgehead atoms. The molecule has 30 heavy (non-hydrogen) atoms. The summed E-state index contributed by atoms with van der Waals surface area (Å²) in [6, 6.07) is 3.18. The third-order valence-electron chi connectivity index (χ3n) is 4.85. The van der Waals surface area contributed by atoms with Gasteiger partial charge in [0, 0.05) is 28.5 Å². The lowest BCUT2D eigenvalue weighted by Crippen LogP contribution is -2.32. The van der Waals surface area contributed by atoms with Crippen LogP contribution >= 0.6 is 0 Å². The topological polar surface area (TPSA) is 116 Å². The summed E-state index contributed by atoms with van der Waals surface area (Å²) in [5.41, 5.74) is -0.0775. The lowest BCUT2D eigenvalue weighted by atomic mass is 10.2. The molecule has 2 aliphatic carbocycles. The van der Waals surface area contributed by atoms with Gasteiger partial charge in [-0.2, -0.15) is 13.9 Å². The van der Waals surface area contributed by atoms with Crippen LogP contribution in [0.15, 0.2) is 24.5 Å². The summed E-state index contributed by atoms with van der Waals surface area (Å²) in [6.45, 7) is 3.29. The number of halogens is 2. The zero-order chi connectivity index (χ0) is 22.0. The Hall–Kier alpha value is -2.78. The van der Waals surface area contributed by atoms with Gasteiger partial charge in [-0.15, -0.1) is 0 Å². The summed E-state index contributed by atoms with van der Waals surface area (Å²) >= 11 is 0. The number of aromatic nitrogens is 4. The molecule has 2 fully saturated rings. The Morgan fingerprint density at radius 2 is 1.87 bits per heavy atom. The average Bonchev–Trinajstić information content (AvgIpc) is 3.18. The largest absolute Gasteiger partial charge is 0.465 e. The molecule has 2 saturated carbocycles. The van der Waals surface area contributed by atoms with Crippen LogP contribution in [0.2, 0.25) is 0 Å². The molecule has 0 aromatic carbocycles. The normalized spacial score (nSPS) is 16.4. The first-order valence-corrected chi connectivity index (χ1v) is 10.2. The van der Waals surface area contributed by atoms with Crippen LogP contribution in [0.3, 0.4) is 0 Å². The highest BCUT2D eigenvalue weighted by molar-refractivity contribution is 5.66. The van der Waals surface area contributed by atoms with E-state index < -0.39 is 17.8 Å². The standard InChI is InChI=1S/C10H11F2N5.C5H9NO2.C5H10.3H2/c1-2-10(11,12)9-13-5-3-7(16-9)15-8-4-6-14-17-8;1-5(2-3-5)6-4(7)8;1-2-4-5-3-1;;;/h3-6H,2H2,1H3,(H2,13,14,15,16,17);6H,2-3H2,1H3,(H,7,8);1-5H2;3*1H. The number of aromatic amines is 1. The van der Waals surface area contributed by atoms with E-state index in [1.807, 2.05) is 6.92 Å². The van der Waals surface area contributed by atoms with Crippen molar-refractivity contribution < 1.29 is 23.0 Å². The summed E-state index contributed by atoms with van der Waals surface area (Å²) in [7, 11) is 0. The van der Waals surface area contributed by atoms with Gasteiger partial charge in [0.05, 0.1) is 6.20 Å². The highest BCUT2D eigenvalue weighted by atomic mass is 19.3. The maximum atomic E-state index is 13.4. The first-order valence-electron chi connectivity index (χ1n) is 10.2. The zero-order valence-electron chi connectivity index (χ0n) is 17.4.